The van der Waals surface area contributed by atoms with Crippen LogP contribution in [-0.2, 0) is 0 Å². The SMILES string of the molecule is CCCNc1ncnc(N2CC3CCCC3C2)c1Br. The highest BCUT2D eigenvalue weighted by molar-refractivity contribution is 9.10. The second kappa shape index (κ2) is 5.65. The molecular formula is C14H21BrN4. The molecule has 2 atom stereocenters. The van der Waals surface area contributed by atoms with Gasteiger partial charge in [-0.15, -0.1) is 0 Å². The zero-order chi connectivity index (χ0) is 13.2. The van der Waals surface area contributed by atoms with Gasteiger partial charge in [-0.2, -0.15) is 0 Å². The molecule has 1 aliphatic carbocycles. The minimum absolute atomic E-state index is 0.883. The molecule has 3 rings (SSSR count). The smallest absolute Gasteiger partial charge is 0.148 e. The van der Waals surface area contributed by atoms with Crippen LogP contribution in [0.5, 0.6) is 0 Å². The Labute approximate surface area is 123 Å². The molecule has 0 aromatic carbocycles. The first-order valence-electron chi connectivity index (χ1n) is 7.29. The summed E-state index contributed by atoms with van der Waals surface area (Å²) in [6.45, 7) is 5.42. The summed E-state index contributed by atoms with van der Waals surface area (Å²) in [5.74, 6) is 3.75. The van der Waals surface area contributed by atoms with Gasteiger partial charge in [-0.1, -0.05) is 13.3 Å². The van der Waals surface area contributed by atoms with Crippen molar-refractivity contribution in [2.75, 3.05) is 29.9 Å². The van der Waals surface area contributed by atoms with Crippen molar-refractivity contribution in [3.8, 4) is 0 Å². The first kappa shape index (κ1) is 13.2. The molecular weight excluding hydrogens is 304 g/mol. The maximum Gasteiger partial charge on any atom is 0.148 e. The number of hydrogen-bond acceptors (Lipinski definition) is 4. The number of nitrogens with one attached hydrogen (secondary N) is 1. The van der Waals surface area contributed by atoms with E-state index in [2.05, 4.69) is 43.0 Å². The third-order valence-electron chi connectivity index (χ3n) is 4.34. The molecule has 104 valence electrons. The molecule has 2 heterocycles. The zero-order valence-corrected chi connectivity index (χ0v) is 13.0. The minimum Gasteiger partial charge on any atom is -0.369 e. The first-order chi connectivity index (χ1) is 9.29. The molecule has 1 N–H and O–H groups in total. The average molecular weight is 325 g/mol. The van der Waals surface area contributed by atoms with Crippen molar-refractivity contribution in [3.05, 3.63) is 10.8 Å². The number of rotatable bonds is 4. The van der Waals surface area contributed by atoms with Crippen molar-refractivity contribution in [1.82, 2.24) is 9.97 Å². The lowest BCUT2D eigenvalue weighted by Crippen LogP contribution is -2.23. The van der Waals surface area contributed by atoms with Crippen LogP contribution in [0.25, 0.3) is 0 Å². The predicted molar refractivity (Wildman–Crippen MR) is 81.6 cm³/mol. The van der Waals surface area contributed by atoms with Gasteiger partial charge in [0, 0.05) is 19.6 Å². The Morgan fingerprint density at radius 3 is 2.74 bits per heavy atom. The van der Waals surface area contributed by atoms with Gasteiger partial charge in [0.2, 0.25) is 0 Å². The van der Waals surface area contributed by atoms with Crippen LogP contribution >= 0.6 is 15.9 Å². The van der Waals surface area contributed by atoms with Crippen LogP contribution in [0.3, 0.4) is 0 Å². The highest BCUT2D eigenvalue weighted by Gasteiger charge is 2.37. The minimum atomic E-state index is 0.883. The quantitative estimate of drug-likeness (QED) is 0.922. The molecule has 0 amide bonds. The first-order valence-corrected chi connectivity index (χ1v) is 8.08. The molecule has 1 saturated heterocycles. The lowest BCUT2D eigenvalue weighted by molar-refractivity contribution is 0.494. The maximum atomic E-state index is 4.48. The number of hydrogen-bond donors (Lipinski definition) is 1. The molecule has 1 saturated carbocycles. The molecule has 1 aromatic heterocycles. The van der Waals surface area contributed by atoms with E-state index >= 15 is 0 Å². The van der Waals surface area contributed by atoms with E-state index in [0.717, 1.165) is 54.0 Å². The number of anilines is 2. The summed E-state index contributed by atoms with van der Waals surface area (Å²) in [6, 6.07) is 0. The van der Waals surface area contributed by atoms with E-state index in [1.807, 2.05) is 0 Å². The number of aromatic nitrogens is 2. The molecule has 0 bridgehead atoms. The second-order valence-electron chi connectivity index (χ2n) is 5.64. The summed E-state index contributed by atoms with van der Waals surface area (Å²) < 4.78 is 1.02. The van der Waals surface area contributed by atoms with Crippen molar-refractivity contribution < 1.29 is 0 Å². The second-order valence-corrected chi connectivity index (χ2v) is 6.44. The van der Waals surface area contributed by atoms with Crippen LogP contribution in [0.1, 0.15) is 32.6 Å². The highest BCUT2D eigenvalue weighted by atomic mass is 79.9. The topological polar surface area (TPSA) is 41.1 Å². The summed E-state index contributed by atoms with van der Waals surface area (Å²) in [5.41, 5.74) is 0. The van der Waals surface area contributed by atoms with E-state index in [9.17, 15) is 0 Å². The van der Waals surface area contributed by atoms with Crippen molar-refractivity contribution in [3.63, 3.8) is 0 Å². The van der Waals surface area contributed by atoms with E-state index in [-0.39, 0.29) is 0 Å². The van der Waals surface area contributed by atoms with Gasteiger partial charge in [-0.05, 0) is 47.0 Å². The van der Waals surface area contributed by atoms with Gasteiger partial charge >= 0.3 is 0 Å². The summed E-state index contributed by atoms with van der Waals surface area (Å²) in [4.78, 5) is 11.2. The van der Waals surface area contributed by atoms with Gasteiger partial charge in [0.05, 0.1) is 0 Å². The maximum absolute atomic E-state index is 4.48. The fourth-order valence-electron chi connectivity index (χ4n) is 3.36. The van der Waals surface area contributed by atoms with Crippen LogP contribution in [0.2, 0.25) is 0 Å². The Morgan fingerprint density at radius 2 is 2.05 bits per heavy atom. The van der Waals surface area contributed by atoms with Crippen molar-refractivity contribution in [2.24, 2.45) is 11.8 Å². The Bertz CT molecular complexity index is 439. The third kappa shape index (κ3) is 2.57. The summed E-state index contributed by atoms with van der Waals surface area (Å²) in [5, 5.41) is 3.35. The van der Waals surface area contributed by atoms with Crippen LogP contribution in [0.4, 0.5) is 11.6 Å². The Morgan fingerprint density at radius 1 is 1.32 bits per heavy atom. The van der Waals surface area contributed by atoms with Crippen LogP contribution < -0.4 is 10.2 Å². The molecule has 1 aromatic rings. The van der Waals surface area contributed by atoms with Crippen LogP contribution in [-0.4, -0.2) is 29.6 Å². The molecule has 2 aliphatic rings. The van der Waals surface area contributed by atoms with Gasteiger partial charge in [-0.3, -0.25) is 0 Å². The molecule has 2 fully saturated rings. The number of nitrogens with zero attached hydrogens (tertiary/aromatic N) is 3. The van der Waals surface area contributed by atoms with E-state index in [1.54, 1.807) is 6.33 Å². The monoisotopic (exact) mass is 324 g/mol. The van der Waals surface area contributed by atoms with Gasteiger partial charge in [-0.25, -0.2) is 9.97 Å². The van der Waals surface area contributed by atoms with Gasteiger partial charge in [0.25, 0.3) is 0 Å². The van der Waals surface area contributed by atoms with Gasteiger partial charge in [0.15, 0.2) is 0 Å². The Kier molecular flexibility index (Phi) is 3.91. The number of fused-ring (bicyclic) bond motifs is 1. The predicted octanol–water partition coefficient (Wildman–Crippen LogP) is 3.30. The Hall–Kier alpha value is -0.840. The fraction of sp³-hybridized carbons (Fsp3) is 0.714. The van der Waals surface area contributed by atoms with Crippen molar-refractivity contribution in [2.45, 2.75) is 32.6 Å². The van der Waals surface area contributed by atoms with Crippen molar-refractivity contribution >= 4 is 27.6 Å². The van der Waals surface area contributed by atoms with Crippen LogP contribution in [0.15, 0.2) is 10.8 Å². The summed E-state index contributed by atoms with van der Waals surface area (Å²) in [6.07, 6.45) is 6.97. The zero-order valence-electron chi connectivity index (χ0n) is 11.4. The molecule has 2 unspecified atom stereocenters. The molecule has 0 spiro atoms. The lowest BCUT2D eigenvalue weighted by atomic mass is 10.0. The highest BCUT2D eigenvalue weighted by Crippen LogP contribution is 2.41. The number of halogens is 1. The largest absolute Gasteiger partial charge is 0.369 e. The van der Waals surface area contributed by atoms with Crippen molar-refractivity contribution in [1.29, 1.82) is 0 Å². The van der Waals surface area contributed by atoms with E-state index in [0.29, 0.717) is 0 Å². The molecule has 19 heavy (non-hydrogen) atoms. The summed E-state index contributed by atoms with van der Waals surface area (Å²) >= 11 is 3.67. The normalized spacial score (nSPS) is 25.7. The molecule has 0 radical (unpaired) electrons. The molecule has 1 aliphatic heterocycles. The van der Waals surface area contributed by atoms with Gasteiger partial charge < -0.3 is 10.2 Å². The molecule has 4 nitrogen and oxygen atoms in total. The lowest BCUT2D eigenvalue weighted by Gasteiger charge is -2.20. The standard InChI is InChI=1S/C14H21BrN4/c1-2-6-16-13-12(15)14(18-9-17-13)19-7-10-4-3-5-11(10)8-19/h9-11H,2-8H2,1H3,(H,16,17,18). The molecule has 5 heteroatoms. The van der Waals surface area contributed by atoms with Gasteiger partial charge in [0.1, 0.15) is 22.4 Å². The average Bonchev–Trinajstić information content (AvgIpc) is 2.98. The summed E-state index contributed by atoms with van der Waals surface area (Å²) in [7, 11) is 0. The van der Waals surface area contributed by atoms with E-state index < -0.39 is 0 Å². The van der Waals surface area contributed by atoms with Crippen LogP contribution in [0, 0.1) is 11.8 Å². The van der Waals surface area contributed by atoms with E-state index in [4.69, 9.17) is 0 Å². The third-order valence-corrected chi connectivity index (χ3v) is 5.07. The van der Waals surface area contributed by atoms with E-state index in [1.165, 1.54) is 19.3 Å². The fourth-order valence-corrected chi connectivity index (χ4v) is 3.95. The Balaban J connectivity index is 1.77.